The minimum absolute atomic E-state index is 0.110. The van der Waals surface area contributed by atoms with E-state index in [1.54, 1.807) is 120 Å². The van der Waals surface area contributed by atoms with Gasteiger partial charge in [-0.05, 0) is 293 Å². The molecule has 28 heteroatoms. The fraction of sp³-hybridized carbons (Fsp3) is 0.213. The molecule has 0 saturated carbocycles. The highest BCUT2D eigenvalue weighted by molar-refractivity contribution is 9.10. The Morgan fingerprint density at radius 2 is 0.593 bits per heavy atom. The van der Waals surface area contributed by atoms with Crippen molar-refractivity contribution in [3.8, 4) is 22.6 Å². The van der Waals surface area contributed by atoms with Gasteiger partial charge in [-0.3, -0.25) is 33.9 Å². The summed E-state index contributed by atoms with van der Waals surface area (Å²) in [5.41, 5.74) is 14.2. The van der Waals surface area contributed by atoms with Crippen molar-refractivity contribution in [2.24, 2.45) is 5.73 Å². The van der Waals surface area contributed by atoms with Gasteiger partial charge in [0.1, 0.15) is 75.3 Å². The molecule has 0 bridgehead atoms. The number of esters is 4. The summed E-state index contributed by atoms with van der Waals surface area (Å²) in [5.74, 6) is -2.81. The number of para-hydroxylation sites is 2. The number of hydrogen-bond donors (Lipinski definition) is 3. The number of furan rings is 2. The van der Waals surface area contributed by atoms with Gasteiger partial charge >= 0.3 is 29.8 Å². The Kier molecular flexibility index (Phi) is 40.8. The number of carbonyl (C=O) groups excluding carboxylic acids is 7. The van der Waals surface area contributed by atoms with Gasteiger partial charge in [0.05, 0.1) is 31.8 Å². The number of halogens is 8. The standard InChI is InChI=1S/C34H29Cl2NO4.C30H21Cl2NO4.C26H24BrCl2NO3.C19H22BrNO2.C13H19NO2/c1-34(2,3)41-33(39)29(19-22-9-5-4-6-10-22)37(32(38)27-18-15-25(35)21-28(27)36)26-16-13-23(14-17-26)31-20-24-11-7-8-12-30(24)40-31;31-22-12-15-24(25(32)18-22)29(34)33(26(30(35)36)16-19-6-2-1-3-7-19)23-13-10-20(11-14-23)28-17-21-8-4-5-9-27(21)37-28;1-26(2,3)33-25(32)23(15-17-7-5-4-6-8-17)30(20-12-9-18(27)10-13-20)24(31)21-14-11-19(28)16-22(21)29;1-19(2,3)23-18(22)17(13-14-7-5-4-6-8-14)21-16-11-9-15(20)10-12-16;1-13(2,3)16-12(15)11(14)9-10-7-5-4-6-8-10/h4-18,20-21,29H,19H2,1-3H3;1-15,17-18,26H,16H2,(H,35,36);4-14,16,23H,15H2,1-3H3;4-12,17,21H,13H2,1-3H3;4-8,11H,9,14H2,1-3H3/t29-;26-;23-;17-;11-/m00000/s1. The van der Waals surface area contributed by atoms with E-state index in [0.717, 1.165) is 75.5 Å². The minimum atomic E-state index is -1.18. The SMILES string of the molecule is CC(C)(C)OC(=O)[C@@H](N)Cc1ccccc1.CC(C)(C)OC(=O)[C@H](Cc1ccccc1)N(C(=O)c1ccc(Cl)cc1Cl)c1ccc(-c2cc3ccccc3o2)cc1.CC(C)(C)OC(=O)[C@H](Cc1ccccc1)N(C(=O)c1ccc(Cl)cc1Cl)c1ccc(Br)cc1.CC(C)(C)OC(=O)[C@H](Cc1ccccc1)Nc1ccc(Br)cc1.O=C(O)[C@H](Cc1ccccc1)N(C(=O)c1ccc(Cl)cc1Cl)c1ccc(-c2cc3ccccc3o2)cc1. The maximum absolute atomic E-state index is 14.2. The Balaban J connectivity index is 0.000000171. The number of amides is 3. The zero-order valence-electron chi connectivity index (χ0n) is 84.7. The first-order chi connectivity index (χ1) is 71.3. The number of hydrogen-bond acceptors (Lipinski definition) is 16. The lowest BCUT2D eigenvalue weighted by molar-refractivity contribution is -0.157. The van der Waals surface area contributed by atoms with Crippen molar-refractivity contribution in [3.05, 3.63) is 448 Å². The molecule has 16 rings (SSSR count). The van der Waals surface area contributed by atoms with Gasteiger partial charge in [-0.15, -0.1) is 0 Å². The van der Waals surface area contributed by atoms with Gasteiger partial charge in [-0.1, -0.05) is 290 Å². The highest BCUT2D eigenvalue weighted by atomic mass is 79.9. The molecule has 0 saturated heterocycles. The lowest BCUT2D eigenvalue weighted by Gasteiger charge is -2.33. The van der Waals surface area contributed by atoms with E-state index in [1.165, 1.54) is 39.0 Å². The third-order valence-electron chi connectivity index (χ3n) is 22.5. The molecular weight excluding hydrogens is 2150 g/mol. The zero-order chi connectivity index (χ0) is 108. The Bertz CT molecular complexity index is 7210. The van der Waals surface area contributed by atoms with Crippen LogP contribution in [0.15, 0.2) is 382 Å². The number of fused-ring (bicyclic) bond motifs is 2. The van der Waals surface area contributed by atoms with Gasteiger partial charge in [-0.25, -0.2) is 19.2 Å². The number of benzene rings is 14. The average Bonchev–Trinajstić information content (AvgIpc) is 1.08. The maximum Gasteiger partial charge on any atom is 0.330 e. The molecule has 0 fully saturated rings. The third kappa shape index (κ3) is 34.5. The average molecular weight is 2260 g/mol. The van der Waals surface area contributed by atoms with Crippen LogP contribution in [0.1, 0.15) is 142 Å². The number of carboxylic acid groups (broad SMARTS) is 1. The lowest BCUT2D eigenvalue weighted by atomic mass is 10.0. The molecule has 2 heterocycles. The molecule has 5 atom stereocenters. The normalized spacial score (nSPS) is 12.3. The van der Waals surface area contributed by atoms with Gasteiger partial charge in [0, 0.05) is 94.3 Å². The number of nitrogens with two attached hydrogens (primary N) is 1. The van der Waals surface area contributed by atoms with Crippen LogP contribution in [0.2, 0.25) is 30.1 Å². The summed E-state index contributed by atoms with van der Waals surface area (Å²) in [5, 5.41) is 17.2. The van der Waals surface area contributed by atoms with E-state index in [1.807, 2.05) is 302 Å². The van der Waals surface area contributed by atoms with Gasteiger partial charge < -0.3 is 43.9 Å². The number of aliphatic carboxylic acids is 1. The van der Waals surface area contributed by atoms with Crippen LogP contribution < -0.4 is 25.8 Å². The molecule has 0 radical (unpaired) electrons. The van der Waals surface area contributed by atoms with Crippen LogP contribution in [0.25, 0.3) is 44.6 Å². The van der Waals surface area contributed by atoms with Crippen molar-refractivity contribution in [1.29, 1.82) is 0 Å². The Hall–Kier alpha value is -13.6. The number of nitrogens with zero attached hydrogens (tertiary/aromatic N) is 3. The third-order valence-corrected chi connectivity index (χ3v) is 25.2. The minimum Gasteiger partial charge on any atom is -0.480 e. The molecule has 2 aromatic heterocycles. The molecule has 150 heavy (non-hydrogen) atoms. The summed E-state index contributed by atoms with van der Waals surface area (Å²) in [6.45, 7) is 21.9. The number of carbonyl (C=O) groups is 8. The number of anilines is 4. The molecule has 0 aliphatic carbocycles. The predicted octanol–water partition coefficient (Wildman–Crippen LogP) is 30.8. The molecule has 0 aliphatic rings. The van der Waals surface area contributed by atoms with Crippen LogP contribution in [0.3, 0.4) is 0 Å². The van der Waals surface area contributed by atoms with Crippen LogP contribution in [-0.4, -0.2) is 105 Å². The molecule has 0 unspecified atom stereocenters. The topological polar surface area (TPSA) is 268 Å². The molecule has 4 N–H and O–H groups in total. The summed E-state index contributed by atoms with van der Waals surface area (Å²) in [7, 11) is 0. The van der Waals surface area contributed by atoms with Gasteiger partial charge in [-0.2, -0.15) is 0 Å². The molecule has 774 valence electrons. The highest BCUT2D eigenvalue weighted by Gasteiger charge is 2.40. The van der Waals surface area contributed by atoms with Crippen LogP contribution in [0.5, 0.6) is 0 Å². The van der Waals surface area contributed by atoms with E-state index >= 15 is 0 Å². The second-order valence-electron chi connectivity index (χ2n) is 39.0. The van der Waals surface area contributed by atoms with Crippen LogP contribution in [0.4, 0.5) is 22.7 Å². The van der Waals surface area contributed by atoms with Crippen LogP contribution in [-0.2, 0) is 75.0 Å². The number of ether oxygens (including phenoxy) is 4. The smallest absolute Gasteiger partial charge is 0.330 e. The molecule has 0 spiro atoms. The van der Waals surface area contributed by atoms with Crippen molar-refractivity contribution in [2.75, 3.05) is 20.0 Å². The largest absolute Gasteiger partial charge is 0.480 e. The van der Waals surface area contributed by atoms with E-state index in [4.69, 9.17) is 103 Å². The van der Waals surface area contributed by atoms with Crippen molar-refractivity contribution in [2.45, 2.75) is 168 Å². The van der Waals surface area contributed by atoms with E-state index in [0.29, 0.717) is 56.5 Å². The Morgan fingerprint density at radius 1 is 0.320 bits per heavy atom. The molecular formula is C122H115Br2Cl6N5O15. The van der Waals surface area contributed by atoms with Crippen molar-refractivity contribution < 1.29 is 71.2 Å². The zero-order valence-corrected chi connectivity index (χ0v) is 92.4. The van der Waals surface area contributed by atoms with Crippen LogP contribution in [0, 0.1) is 0 Å². The molecule has 14 aromatic carbocycles. The summed E-state index contributed by atoms with van der Waals surface area (Å²) in [6, 6.07) is 106. The summed E-state index contributed by atoms with van der Waals surface area (Å²) in [6.07, 6.45) is 1.70. The Morgan fingerprint density at radius 3 is 0.907 bits per heavy atom. The second kappa shape index (κ2) is 53.2. The fourth-order valence-electron chi connectivity index (χ4n) is 15.7. The van der Waals surface area contributed by atoms with E-state index in [2.05, 4.69) is 37.2 Å². The maximum atomic E-state index is 14.2. The molecule has 3 amide bonds. The summed E-state index contributed by atoms with van der Waals surface area (Å²) < 4.78 is 36.2. The summed E-state index contributed by atoms with van der Waals surface area (Å²) in [4.78, 5) is 110. The van der Waals surface area contributed by atoms with Crippen molar-refractivity contribution >= 4 is 194 Å². The van der Waals surface area contributed by atoms with Gasteiger partial charge in [0.15, 0.2) is 0 Å². The monoisotopic (exact) mass is 2260 g/mol. The van der Waals surface area contributed by atoms with E-state index < -0.39 is 88.2 Å². The first-order valence-electron chi connectivity index (χ1n) is 48.2. The molecule has 0 aliphatic heterocycles. The second-order valence-corrected chi connectivity index (χ2v) is 43.4. The van der Waals surface area contributed by atoms with Gasteiger partial charge in [0.2, 0.25) is 0 Å². The van der Waals surface area contributed by atoms with Crippen molar-refractivity contribution in [3.63, 3.8) is 0 Å². The molecule has 16 aromatic rings. The first kappa shape index (κ1) is 115. The summed E-state index contributed by atoms with van der Waals surface area (Å²) >= 11 is 44.3. The fourth-order valence-corrected chi connectivity index (χ4v) is 17.7. The lowest BCUT2D eigenvalue weighted by Crippen LogP contribution is -2.49. The van der Waals surface area contributed by atoms with E-state index in [-0.39, 0.29) is 63.0 Å². The van der Waals surface area contributed by atoms with Gasteiger partial charge in [0.25, 0.3) is 17.7 Å². The van der Waals surface area contributed by atoms with E-state index in [9.17, 15) is 43.5 Å². The highest BCUT2D eigenvalue weighted by Crippen LogP contribution is 2.38. The quantitative estimate of drug-likeness (QED) is 0.0304. The number of rotatable bonds is 28. The van der Waals surface area contributed by atoms with Crippen molar-refractivity contribution in [1.82, 2.24) is 0 Å². The van der Waals surface area contributed by atoms with Crippen LogP contribution >= 0.6 is 101 Å². The predicted molar refractivity (Wildman–Crippen MR) is 610 cm³/mol. The Labute approximate surface area is 921 Å². The molecule has 20 nitrogen and oxygen atoms in total. The number of nitrogens with one attached hydrogen (secondary N) is 1. The first-order valence-corrected chi connectivity index (χ1v) is 52.0. The number of carboxylic acids is 1.